The molecule has 6 heteroatoms. The molecule has 4 N–H and O–H groups in total. The summed E-state index contributed by atoms with van der Waals surface area (Å²) in [4.78, 5) is 6.10. The molecular formula is C12H20N4O2. The summed E-state index contributed by atoms with van der Waals surface area (Å²) >= 11 is 0. The first-order valence-electron chi connectivity index (χ1n) is 5.95. The minimum atomic E-state index is 0.00512. The SMILES string of the molecule is CN(CCCCCO)c1ccnc(/C(N)=N/O)c1. The Kier molecular flexibility index (Phi) is 5.93. The van der Waals surface area contributed by atoms with E-state index in [4.69, 9.17) is 16.0 Å². The number of nitrogens with zero attached hydrogens (tertiary/aromatic N) is 3. The molecular weight excluding hydrogens is 232 g/mol. The molecule has 1 heterocycles. The second kappa shape index (κ2) is 7.50. The molecule has 1 aromatic heterocycles. The highest BCUT2D eigenvalue weighted by molar-refractivity contribution is 5.95. The molecule has 0 aliphatic carbocycles. The molecule has 0 unspecified atom stereocenters. The molecule has 0 aliphatic rings. The third kappa shape index (κ3) is 4.21. The van der Waals surface area contributed by atoms with Gasteiger partial charge in [0, 0.05) is 32.1 Å². The quantitative estimate of drug-likeness (QED) is 0.219. The Morgan fingerprint density at radius 3 is 2.89 bits per heavy atom. The van der Waals surface area contributed by atoms with Crippen molar-refractivity contribution in [1.82, 2.24) is 4.98 Å². The summed E-state index contributed by atoms with van der Waals surface area (Å²) in [5.74, 6) is 0.00512. The van der Waals surface area contributed by atoms with Gasteiger partial charge in [-0.05, 0) is 31.4 Å². The van der Waals surface area contributed by atoms with Crippen LogP contribution in [0, 0.1) is 0 Å². The summed E-state index contributed by atoms with van der Waals surface area (Å²) in [7, 11) is 1.98. The predicted molar refractivity (Wildman–Crippen MR) is 71.0 cm³/mol. The lowest BCUT2D eigenvalue weighted by molar-refractivity contribution is 0.283. The standard InChI is InChI=1S/C12H20N4O2/c1-16(7-3-2-4-8-17)10-5-6-14-11(9-10)12(13)15-18/h5-6,9,17-18H,2-4,7-8H2,1H3,(H2,13,15). The fourth-order valence-electron chi connectivity index (χ4n) is 1.61. The number of hydrogen-bond donors (Lipinski definition) is 3. The van der Waals surface area contributed by atoms with Crippen molar-refractivity contribution in [2.24, 2.45) is 10.9 Å². The number of aliphatic hydroxyl groups excluding tert-OH is 1. The van der Waals surface area contributed by atoms with Gasteiger partial charge in [-0.25, -0.2) is 0 Å². The van der Waals surface area contributed by atoms with Gasteiger partial charge in [-0.3, -0.25) is 4.98 Å². The zero-order valence-electron chi connectivity index (χ0n) is 10.6. The Hall–Kier alpha value is -1.82. The molecule has 0 radical (unpaired) electrons. The van der Waals surface area contributed by atoms with Gasteiger partial charge in [0.1, 0.15) is 5.69 Å². The van der Waals surface area contributed by atoms with Crippen LogP contribution >= 0.6 is 0 Å². The number of oxime groups is 1. The number of nitrogens with two attached hydrogens (primary N) is 1. The van der Waals surface area contributed by atoms with Gasteiger partial charge in [0.05, 0.1) is 0 Å². The van der Waals surface area contributed by atoms with Crippen molar-refractivity contribution in [2.75, 3.05) is 25.1 Å². The minimum Gasteiger partial charge on any atom is -0.409 e. The third-order valence-corrected chi connectivity index (χ3v) is 2.71. The van der Waals surface area contributed by atoms with Crippen LogP contribution in [-0.4, -0.2) is 41.3 Å². The fourth-order valence-corrected chi connectivity index (χ4v) is 1.61. The summed E-state index contributed by atoms with van der Waals surface area (Å²) in [6.07, 6.45) is 4.48. The molecule has 0 saturated carbocycles. The van der Waals surface area contributed by atoms with E-state index in [1.807, 2.05) is 13.1 Å². The van der Waals surface area contributed by atoms with Crippen molar-refractivity contribution in [2.45, 2.75) is 19.3 Å². The molecule has 0 spiro atoms. The second-order valence-electron chi connectivity index (χ2n) is 4.09. The minimum absolute atomic E-state index is 0.00512. The Morgan fingerprint density at radius 2 is 2.22 bits per heavy atom. The first-order valence-corrected chi connectivity index (χ1v) is 5.95. The lowest BCUT2D eigenvalue weighted by Gasteiger charge is -2.19. The maximum atomic E-state index is 8.70. The molecule has 1 aromatic rings. The van der Waals surface area contributed by atoms with Crippen molar-refractivity contribution >= 4 is 11.5 Å². The molecule has 0 fully saturated rings. The van der Waals surface area contributed by atoms with Gasteiger partial charge in [0.2, 0.25) is 0 Å². The van der Waals surface area contributed by atoms with Crippen LogP contribution in [0.1, 0.15) is 25.0 Å². The molecule has 18 heavy (non-hydrogen) atoms. The molecule has 0 aliphatic heterocycles. The van der Waals surface area contributed by atoms with E-state index in [-0.39, 0.29) is 12.4 Å². The van der Waals surface area contributed by atoms with Crippen molar-refractivity contribution in [3.63, 3.8) is 0 Å². The maximum Gasteiger partial charge on any atom is 0.188 e. The number of anilines is 1. The summed E-state index contributed by atoms with van der Waals surface area (Å²) in [6.45, 7) is 1.13. The Bertz CT molecular complexity index is 395. The summed E-state index contributed by atoms with van der Waals surface area (Å²) in [6, 6.07) is 3.65. The highest BCUT2D eigenvalue weighted by atomic mass is 16.4. The van der Waals surface area contributed by atoms with Crippen LogP contribution in [0.15, 0.2) is 23.5 Å². The van der Waals surface area contributed by atoms with Crippen LogP contribution in [0.4, 0.5) is 5.69 Å². The number of pyridine rings is 1. The highest BCUT2D eigenvalue weighted by Gasteiger charge is 2.05. The van der Waals surface area contributed by atoms with E-state index in [0.717, 1.165) is 31.5 Å². The number of amidine groups is 1. The Labute approximate surface area is 107 Å². The largest absolute Gasteiger partial charge is 0.409 e. The van der Waals surface area contributed by atoms with Gasteiger partial charge >= 0.3 is 0 Å². The second-order valence-corrected chi connectivity index (χ2v) is 4.09. The van der Waals surface area contributed by atoms with Gasteiger partial charge in [-0.2, -0.15) is 0 Å². The lowest BCUT2D eigenvalue weighted by atomic mass is 10.2. The van der Waals surface area contributed by atoms with E-state index in [9.17, 15) is 0 Å². The zero-order chi connectivity index (χ0) is 13.4. The van der Waals surface area contributed by atoms with E-state index in [0.29, 0.717) is 5.69 Å². The average molecular weight is 252 g/mol. The average Bonchev–Trinajstić information content (AvgIpc) is 2.42. The number of unbranched alkanes of at least 4 members (excludes halogenated alkanes) is 2. The third-order valence-electron chi connectivity index (χ3n) is 2.71. The smallest absolute Gasteiger partial charge is 0.188 e. The molecule has 0 atom stereocenters. The van der Waals surface area contributed by atoms with Gasteiger partial charge < -0.3 is 20.9 Å². The van der Waals surface area contributed by atoms with Crippen LogP contribution in [0.25, 0.3) is 0 Å². The summed E-state index contributed by atoms with van der Waals surface area (Å²) in [5, 5.41) is 20.2. The van der Waals surface area contributed by atoms with Gasteiger partial charge in [-0.1, -0.05) is 5.16 Å². The number of rotatable bonds is 7. The Balaban J connectivity index is 2.60. The molecule has 6 nitrogen and oxygen atoms in total. The first kappa shape index (κ1) is 14.2. The van der Waals surface area contributed by atoms with E-state index in [1.54, 1.807) is 12.3 Å². The van der Waals surface area contributed by atoms with Crippen LogP contribution in [0.5, 0.6) is 0 Å². The highest BCUT2D eigenvalue weighted by Crippen LogP contribution is 2.13. The maximum absolute atomic E-state index is 8.70. The molecule has 0 saturated heterocycles. The lowest BCUT2D eigenvalue weighted by Crippen LogP contribution is -2.20. The normalized spacial score (nSPS) is 11.6. The van der Waals surface area contributed by atoms with Crippen LogP contribution in [-0.2, 0) is 0 Å². The van der Waals surface area contributed by atoms with E-state index >= 15 is 0 Å². The van der Waals surface area contributed by atoms with Crippen molar-refractivity contribution in [3.05, 3.63) is 24.0 Å². The molecule has 0 amide bonds. The molecule has 100 valence electrons. The van der Waals surface area contributed by atoms with Crippen LogP contribution in [0.3, 0.4) is 0 Å². The summed E-state index contributed by atoms with van der Waals surface area (Å²) in [5.41, 5.74) is 6.92. The monoisotopic (exact) mass is 252 g/mol. The van der Waals surface area contributed by atoms with Gasteiger partial charge in [0.15, 0.2) is 5.84 Å². The van der Waals surface area contributed by atoms with E-state index in [2.05, 4.69) is 15.0 Å². The molecule has 0 bridgehead atoms. The topological polar surface area (TPSA) is 95.0 Å². The zero-order valence-corrected chi connectivity index (χ0v) is 10.6. The van der Waals surface area contributed by atoms with Crippen LogP contribution < -0.4 is 10.6 Å². The first-order chi connectivity index (χ1) is 8.69. The van der Waals surface area contributed by atoms with Gasteiger partial charge in [-0.15, -0.1) is 0 Å². The number of aromatic nitrogens is 1. The predicted octanol–water partition coefficient (Wildman–Crippen LogP) is 0.775. The number of hydrogen-bond acceptors (Lipinski definition) is 5. The summed E-state index contributed by atoms with van der Waals surface area (Å²) < 4.78 is 0. The van der Waals surface area contributed by atoms with E-state index < -0.39 is 0 Å². The number of aliphatic hydroxyl groups is 1. The van der Waals surface area contributed by atoms with Crippen LogP contribution in [0.2, 0.25) is 0 Å². The fraction of sp³-hybridized carbons (Fsp3) is 0.500. The van der Waals surface area contributed by atoms with Crippen molar-refractivity contribution < 1.29 is 10.3 Å². The van der Waals surface area contributed by atoms with Crippen molar-refractivity contribution in [3.8, 4) is 0 Å². The Morgan fingerprint density at radius 1 is 1.44 bits per heavy atom. The van der Waals surface area contributed by atoms with E-state index in [1.165, 1.54) is 0 Å². The van der Waals surface area contributed by atoms with Gasteiger partial charge in [0.25, 0.3) is 0 Å². The molecule has 0 aromatic carbocycles. The molecule has 1 rings (SSSR count). The van der Waals surface area contributed by atoms with Crippen molar-refractivity contribution in [1.29, 1.82) is 0 Å².